The van der Waals surface area contributed by atoms with E-state index in [9.17, 15) is 14.3 Å². The van der Waals surface area contributed by atoms with Crippen LogP contribution in [0.25, 0.3) is 0 Å². The molecular formula is C17H22BrFO2. The van der Waals surface area contributed by atoms with E-state index in [-0.39, 0.29) is 17.7 Å². The predicted molar refractivity (Wildman–Crippen MR) is 84.7 cm³/mol. The maximum Gasteiger partial charge on any atom is 0.306 e. The van der Waals surface area contributed by atoms with Gasteiger partial charge in [-0.3, -0.25) is 4.79 Å². The van der Waals surface area contributed by atoms with Crippen molar-refractivity contribution in [2.75, 3.05) is 0 Å². The minimum atomic E-state index is -0.684. The summed E-state index contributed by atoms with van der Waals surface area (Å²) in [5, 5.41) is 9.43. The van der Waals surface area contributed by atoms with Crippen LogP contribution < -0.4 is 0 Å². The molecule has 2 rings (SSSR count). The first kappa shape index (κ1) is 16.5. The number of benzene rings is 1. The zero-order chi connectivity index (χ0) is 15.4. The van der Waals surface area contributed by atoms with Crippen molar-refractivity contribution in [3.8, 4) is 0 Å². The molecule has 0 heterocycles. The van der Waals surface area contributed by atoms with Gasteiger partial charge in [-0.1, -0.05) is 25.8 Å². The Labute approximate surface area is 133 Å². The van der Waals surface area contributed by atoms with Crippen LogP contribution in [0.4, 0.5) is 4.39 Å². The molecule has 1 N–H and O–H groups in total. The number of aliphatic carboxylic acids is 1. The van der Waals surface area contributed by atoms with Crippen LogP contribution in [0, 0.1) is 23.6 Å². The van der Waals surface area contributed by atoms with E-state index in [4.69, 9.17) is 0 Å². The third-order valence-corrected chi connectivity index (χ3v) is 5.19. The number of hydrogen-bond acceptors (Lipinski definition) is 1. The van der Waals surface area contributed by atoms with Crippen molar-refractivity contribution >= 4 is 21.9 Å². The van der Waals surface area contributed by atoms with Crippen LogP contribution in [0.15, 0.2) is 22.7 Å². The molecule has 0 aliphatic heterocycles. The van der Waals surface area contributed by atoms with Gasteiger partial charge in [0.15, 0.2) is 0 Å². The minimum Gasteiger partial charge on any atom is -0.481 e. The van der Waals surface area contributed by atoms with Gasteiger partial charge in [0.2, 0.25) is 0 Å². The second kappa shape index (κ2) is 7.39. The maximum absolute atomic E-state index is 13.3. The zero-order valence-corrected chi connectivity index (χ0v) is 13.9. The summed E-state index contributed by atoms with van der Waals surface area (Å²) in [4.78, 5) is 11.5. The molecule has 0 spiro atoms. The van der Waals surface area contributed by atoms with Crippen molar-refractivity contribution in [3.05, 3.63) is 34.1 Å². The topological polar surface area (TPSA) is 37.3 Å². The highest BCUT2D eigenvalue weighted by atomic mass is 79.9. The van der Waals surface area contributed by atoms with Crippen LogP contribution in [0.1, 0.15) is 44.6 Å². The number of halogens is 2. The monoisotopic (exact) mass is 356 g/mol. The number of carboxylic acid groups (broad SMARTS) is 1. The molecule has 3 atom stereocenters. The molecule has 116 valence electrons. The molecule has 0 bridgehead atoms. The first-order valence-electron chi connectivity index (χ1n) is 7.68. The second-order valence-electron chi connectivity index (χ2n) is 6.13. The first-order valence-corrected chi connectivity index (χ1v) is 8.47. The van der Waals surface area contributed by atoms with Gasteiger partial charge in [-0.25, -0.2) is 4.39 Å². The molecule has 1 aliphatic carbocycles. The summed E-state index contributed by atoms with van der Waals surface area (Å²) in [6.45, 7) is 2.18. The lowest BCUT2D eigenvalue weighted by molar-refractivity contribution is -0.145. The summed E-state index contributed by atoms with van der Waals surface area (Å²) >= 11 is 3.20. The molecule has 0 aromatic heterocycles. The highest BCUT2D eigenvalue weighted by Crippen LogP contribution is 2.38. The Morgan fingerprint density at radius 1 is 1.43 bits per heavy atom. The van der Waals surface area contributed by atoms with Gasteiger partial charge in [0.25, 0.3) is 0 Å². The predicted octanol–water partition coefficient (Wildman–Crippen LogP) is 5.05. The molecule has 3 unspecified atom stereocenters. The third kappa shape index (κ3) is 4.29. The molecule has 1 aromatic carbocycles. The summed E-state index contributed by atoms with van der Waals surface area (Å²) in [5.74, 6) is -0.427. The Kier molecular flexibility index (Phi) is 5.80. The van der Waals surface area contributed by atoms with E-state index >= 15 is 0 Å². The second-order valence-corrected chi connectivity index (χ2v) is 6.98. The fourth-order valence-corrected chi connectivity index (χ4v) is 3.98. The van der Waals surface area contributed by atoms with Crippen molar-refractivity contribution in [1.82, 2.24) is 0 Å². The minimum absolute atomic E-state index is 0.158. The number of carbonyl (C=O) groups is 1. The lowest BCUT2D eigenvalue weighted by Gasteiger charge is -2.34. The largest absolute Gasteiger partial charge is 0.481 e. The Hall–Kier alpha value is -0.900. The fourth-order valence-electron chi connectivity index (χ4n) is 3.55. The van der Waals surface area contributed by atoms with Crippen molar-refractivity contribution in [2.45, 2.75) is 45.4 Å². The summed E-state index contributed by atoms with van der Waals surface area (Å²) in [7, 11) is 0. The van der Waals surface area contributed by atoms with Gasteiger partial charge in [0.1, 0.15) is 5.82 Å². The van der Waals surface area contributed by atoms with Gasteiger partial charge in [0.05, 0.1) is 10.4 Å². The summed E-state index contributed by atoms with van der Waals surface area (Å²) < 4.78 is 13.8. The van der Waals surface area contributed by atoms with Crippen molar-refractivity contribution in [3.63, 3.8) is 0 Å². The van der Waals surface area contributed by atoms with Crippen LogP contribution in [-0.4, -0.2) is 11.1 Å². The molecular weight excluding hydrogens is 335 g/mol. The zero-order valence-electron chi connectivity index (χ0n) is 12.3. The molecule has 4 heteroatoms. The number of carboxylic acids is 1. The van der Waals surface area contributed by atoms with Gasteiger partial charge >= 0.3 is 5.97 Å². The van der Waals surface area contributed by atoms with Gasteiger partial charge in [-0.05, 0) is 71.1 Å². The van der Waals surface area contributed by atoms with E-state index < -0.39 is 5.97 Å². The molecule has 1 aromatic rings. The molecule has 1 saturated carbocycles. The van der Waals surface area contributed by atoms with Gasteiger partial charge in [0, 0.05) is 0 Å². The van der Waals surface area contributed by atoms with Crippen molar-refractivity contribution in [1.29, 1.82) is 0 Å². The van der Waals surface area contributed by atoms with E-state index in [0.29, 0.717) is 10.4 Å². The highest BCUT2D eigenvalue weighted by Gasteiger charge is 2.34. The van der Waals surface area contributed by atoms with Crippen molar-refractivity contribution in [2.24, 2.45) is 17.8 Å². The average molecular weight is 357 g/mol. The molecule has 0 saturated heterocycles. The van der Waals surface area contributed by atoms with E-state index in [2.05, 4.69) is 22.9 Å². The average Bonchev–Trinajstić information content (AvgIpc) is 2.43. The Morgan fingerprint density at radius 3 is 2.81 bits per heavy atom. The van der Waals surface area contributed by atoms with Crippen LogP contribution in [0.2, 0.25) is 0 Å². The van der Waals surface area contributed by atoms with Crippen LogP contribution in [-0.2, 0) is 11.2 Å². The van der Waals surface area contributed by atoms with Crippen LogP contribution in [0.5, 0.6) is 0 Å². The Balaban J connectivity index is 2.11. The summed E-state index contributed by atoms with van der Waals surface area (Å²) in [5.41, 5.74) is 1.01. The fraction of sp³-hybridized carbons (Fsp3) is 0.588. The Morgan fingerprint density at radius 2 is 2.19 bits per heavy atom. The van der Waals surface area contributed by atoms with Gasteiger partial charge < -0.3 is 5.11 Å². The van der Waals surface area contributed by atoms with E-state index in [1.54, 1.807) is 12.1 Å². The van der Waals surface area contributed by atoms with Gasteiger partial charge in [-0.15, -0.1) is 0 Å². The molecule has 0 amide bonds. The van der Waals surface area contributed by atoms with Gasteiger partial charge in [-0.2, -0.15) is 0 Å². The molecule has 1 aliphatic rings. The normalized spacial score (nSPS) is 25.8. The lowest BCUT2D eigenvalue weighted by atomic mass is 9.70. The SMILES string of the molecule is CCCC1CCC(C(=O)O)C(Cc2ccc(F)c(Br)c2)C1. The molecule has 1 fully saturated rings. The summed E-state index contributed by atoms with van der Waals surface area (Å²) in [6, 6.07) is 4.99. The highest BCUT2D eigenvalue weighted by molar-refractivity contribution is 9.10. The lowest BCUT2D eigenvalue weighted by Crippen LogP contribution is -2.32. The maximum atomic E-state index is 13.3. The summed E-state index contributed by atoms with van der Waals surface area (Å²) in [6.07, 6.45) is 5.81. The Bertz CT molecular complexity index is 504. The standard InChI is InChI=1S/C17H22BrFO2/c1-2-3-11-4-6-14(17(20)21)13(8-11)9-12-5-7-16(19)15(18)10-12/h5,7,10-11,13-14H,2-4,6,8-9H2,1H3,(H,20,21). The third-order valence-electron chi connectivity index (χ3n) is 4.59. The van der Waals surface area contributed by atoms with E-state index in [1.165, 1.54) is 12.5 Å². The molecule has 0 radical (unpaired) electrons. The van der Waals surface area contributed by atoms with Crippen molar-refractivity contribution < 1.29 is 14.3 Å². The van der Waals surface area contributed by atoms with E-state index in [1.807, 2.05) is 0 Å². The number of hydrogen-bond donors (Lipinski definition) is 1. The number of rotatable bonds is 5. The van der Waals surface area contributed by atoms with Crippen LogP contribution in [0.3, 0.4) is 0 Å². The quantitative estimate of drug-likeness (QED) is 0.801. The van der Waals surface area contributed by atoms with Crippen LogP contribution >= 0.6 is 15.9 Å². The molecule has 21 heavy (non-hydrogen) atoms. The smallest absolute Gasteiger partial charge is 0.306 e. The van der Waals surface area contributed by atoms with E-state index in [0.717, 1.165) is 37.7 Å². The first-order chi connectivity index (χ1) is 10.0. The molecule has 2 nitrogen and oxygen atoms in total.